The number of hydrogen-bond donors (Lipinski definition) is 1. The van der Waals surface area contributed by atoms with Gasteiger partial charge in [0.1, 0.15) is 5.75 Å². The highest BCUT2D eigenvalue weighted by molar-refractivity contribution is 6.42. The smallest absolute Gasteiger partial charge is 0.223 e. The summed E-state index contributed by atoms with van der Waals surface area (Å²) < 4.78 is 5.67. The summed E-state index contributed by atoms with van der Waals surface area (Å²) in [6, 6.07) is 8.59. The number of ether oxygens (including phenoxy) is 1. The maximum Gasteiger partial charge on any atom is 0.223 e. The van der Waals surface area contributed by atoms with Crippen LogP contribution in [0, 0.1) is 0 Å². The van der Waals surface area contributed by atoms with Gasteiger partial charge in [-0.1, -0.05) is 29.3 Å². The molecule has 1 atom stereocenters. The minimum absolute atomic E-state index is 0.156. The average Bonchev–Trinajstić information content (AvgIpc) is 2.34. The fourth-order valence-electron chi connectivity index (χ4n) is 1.49. The number of nitrogens with two attached hydrogens (primary N) is 1. The van der Waals surface area contributed by atoms with Crippen LogP contribution >= 0.6 is 23.2 Å². The molecule has 0 aliphatic rings. The fraction of sp³-hybridized carbons (Fsp3) is 0.154. The summed E-state index contributed by atoms with van der Waals surface area (Å²) in [5, 5.41) is 0.921. The highest BCUT2D eigenvalue weighted by Crippen LogP contribution is 2.31. The monoisotopic (exact) mass is 282 g/mol. The summed E-state index contributed by atoms with van der Waals surface area (Å²) in [5.41, 5.74) is 6.69. The van der Waals surface area contributed by atoms with Crippen molar-refractivity contribution in [1.29, 1.82) is 0 Å². The molecule has 94 valence electrons. The van der Waals surface area contributed by atoms with E-state index >= 15 is 0 Å². The van der Waals surface area contributed by atoms with Crippen LogP contribution in [0.5, 0.6) is 11.6 Å². The lowest BCUT2D eigenvalue weighted by atomic mass is 10.1. The van der Waals surface area contributed by atoms with E-state index in [-0.39, 0.29) is 6.04 Å². The molecule has 0 saturated carbocycles. The Kier molecular flexibility index (Phi) is 4.07. The zero-order chi connectivity index (χ0) is 13.1. The first-order chi connectivity index (χ1) is 8.58. The number of halogens is 2. The molecule has 0 saturated heterocycles. The van der Waals surface area contributed by atoms with Crippen LogP contribution in [-0.4, -0.2) is 4.98 Å². The van der Waals surface area contributed by atoms with Gasteiger partial charge in [-0.3, -0.25) is 0 Å². The molecule has 0 bridgehead atoms. The van der Waals surface area contributed by atoms with Crippen LogP contribution in [0.2, 0.25) is 10.0 Å². The van der Waals surface area contributed by atoms with Crippen LogP contribution in [0.3, 0.4) is 0 Å². The Morgan fingerprint density at radius 3 is 2.67 bits per heavy atom. The Labute approximate surface area is 115 Å². The summed E-state index contributed by atoms with van der Waals surface area (Å²) in [6.07, 6.45) is 1.65. The van der Waals surface area contributed by atoms with Gasteiger partial charge >= 0.3 is 0 Å². The second-order valence-electron chi connectivity index (χ2n) is 3.86. The predicted molar refractivity (Wildman–Crippen MR) is 73.4 cm³/mol. The third kappa shape index (κ3) is 2.93. The lowest BCUT2D eigenvalue weighted by Crippen LogP contribution is -2.07. The number of pyridine rings is 1. The van der Waals surface area contributed by atoms with Crippen molar-refractivity contribution >= 4 is 23.2 Å². The standard InChI is InChI=1S/C13H12Cl2N2O/c1-8(16)10-3-2-6-17-13(10)18-9-4-5-11(14)12(15)7-9/h2-8H,16H2,1H3. The maximum atomic E-state index is 5.93. The van der Waals surface area contributed by atoms with Gasteiger partial charge in [-0.05, 0) is 25.1 Å². The van der Waals surface area contributed by atoms with E-state index < -0.39 is 0 Å². The molecule has 2 N–H and O–H groups in total. The molecule has 1 aromatic heterocycles. The topological polar surface area (TPSA) is 48.1 Å². The number of hydrogen-bond acceptors (Lipinski definition) is 3. The first-order valence-electron chi connectivity index (χ1n) is 5.41. The van der Waals surface area contributed by atoms with E-state index in [2.05, 4.69) is 4.98 Å². The van der Waals surface area contributed by atoms with Crippen molar-refractivity contribution in [1.82, 2.24) is 4.98 Å². The Hall–Kier alpha value is -1.29. The molecule has 0 amide bonds. The fourth-order valence-corrected chi connectivity index (χ4v) is 1.78. The van der Waals surface area contributed by atoms with Crippen LogP contribution in [0.15, 0.2) is 36.5 Å². The molecular formula is C13H12Cl2N2O. The first kappa shape index (κ1) is 13.1. The van der Waals surface area contributed by atoms with Gasteiger partial charge in [-0.2, -0.15) is 0 Å². The molecule has 1 heterocycles. The molecule has 0 radical (unpaired) electrons. The van der Waals surface area contributed by atoms with Crippen LogP contribution in [0.4, 0.5) is 0 Å². The quantitative estimate of drug-likeness (QED) is 0.918. The number of nitrogens with zero attached hydrogens (tertiary/aromatic N) is 1. The highest BCUT2D eigenvalue weighted by atomic mass is 35.5. The van der Waals surface area contributed by atoms with Crippen molar-refractivity contribution in [3.05, 3.63) is 52.1 Å². The van der Waals surface area contributed by atoms with E-state index in [0.29, 0.717) is 21.7 Å². The van der Waals surface area contributed by atoms with Crippen molar-refractivity contribution < 1.29 is 4.74 Å². The predicted octanol–water partition coefficient (Wildman–Crippen LogP) is 4.20. The van der Waals surface area contributed by atoms with Crippen molar-refractivity contribution in [2.45, 2.75) is 13.0 Å². The molecule has 18 heavy (non-hydrogen) atoms. The van der Waals surface area contributed by atoms with Gasteiger partial charge < -0.3 is 10.5 Å². The van der Waals surface area contributed by atoms with Gasteiger partial charge in [0.15, 0.2) is 0 Å². The summed E-state index contributed by atoms with van der Waals surface area (Å²) in [7, 11) is 0. The Morgan fingerprint density at radius 2 is 2.00 bits per heavy atom. The van der Waals surface area contributed by atoms with Gasteiger partial charge in [0, 0.05) is 23.9 Å². The lowest BCUT2D eigenvalue weighted by molar-refractivity contribution is 0.452. The van der Waals surface area contributed by atoms with Crippen molar-refractivity contribution in [2.75, 3.05) is 0 Å². The summed E-state index contributed by atoms with van der Waals surface area (Å²) in [4.78, 5) is 4.17. The van der Waals surface area contributed by atoms with E-state index in [1.807, 2.05) is 19.1 Å². The van der Waals surface area contributed by atoms with Crippen LogP contribution in [0.1, 0.15) is 18.5 Å². The van der Waals surface area contributed by atoms with E-state index in [1.165, 1.54) is 0 Å². The van der Waals surface area contributed by atoms with Crippen LogP contribution < -0.4 is 10.5 Å². The van der Waals surface area contributed by atoms with Gasteiger partial charge in [-0.15, -0.1) is 0 Å². The van der Waals surface area contributed by atoms with Crippen molar-refractivity contribution in [2.24, 2.45) is 5.73 Å². The maximum absolute atomic E-state index is 5.93. The summed E-state index contributed by atoms with van der Waals surface area (Å²) in [6.45, 7) is 1.87. The second-order valence-corrected chi connectivity index (χ2v) is 4.68. The molecule has 0 fully saturated rings. The van der Waals surface area contributed by atoms with Gasteiger partial charge in [0.05, 0.1) is 10.0 Å². The van der Waals surface area contributed by atoms with E-state index in [9.17, 15) is 0 Å². The molecule has 0 aliphatic carbocycles. The zero-order valence-corrected chi connectivity index (χ0v) is 11.2. The molecule has 2 rings (SSSR count). The van der Waals surface area contributed by atoms with E-state index in [0.717, 1.165) is 5.56 Å². The number of rotatable bonds is 3. The third-order valence-corrected chi connectivity index (χ3v) is 3.14. The number of aromatic nitrogens is 1. The van der Waals surface area contributed by atoms with Crippen LogP contribution in [-0.2, 0) is 0 Å². The average molecular weight is 283 g/mol. The molecule has 3 nitrogen and oxygen atoms in total. The van der Waals surface area contributed by atoms with Gasteiger partial charge in [0.2, 0.25) is 5.88 Å². The molecule has 0 spiro atoms. The Bertz CT molecular complexity index is 558. The lowest BCUT2D eigenvalue weighted by Gasteiger charge is -2.12. The third-order valence-electron chi connectivity index (χ3n) is 2.40. The molecule has 1 unspecified atom stereocenters. The van der Waals surface area contributed by atoms with Gasteiger partial charge in [0.25, 0.3) is 0 Å². The van der Waals surface area contributed by atoms with Gasteiger partial charge in [-0.25, -0.2) is 4.98 Å². The Morgan fingerprint density at radius 1 is 1.22 bits per heavy atom. The minimum atomic E-state index is -0.156. The van der Waals surface area contributed by atoms with E-state index in [1.54, 1.807) is 24.4 Å². The Balaban J connectivity index is 2.31. The SMILES string of the molecule is CC(N)c1cccnc1Oc1ccc(Cl)c(Cl)c1. The zero-order valence-electron chi connectivity index (χ0n) is 9.73. The summed E-state index contributed by atoms with van der Waals surface area (Å²) in [5.74, 6) is 1.05. The van der Waals surface area contributed by atoms with Crippen molar-refractivity contribution in [3.8, 4) is 11.6 Å². The molecule has 0 aliphatic heterocycles. The molecule has 2 aromatic rings. The minimum Gasteiger partial charge on any atom is -0.439 e. The summed E-state index contributed by atoms with van der Waals surface area (Å²) >= 11 is 11.8. The largest absolute Gasteiger partial charge is 0.439 e. The highest BCUT2D eigenvalue weighted by Gasteiger charge is 2.10. The second kappa shape index (κ2) is 5.57. The van der Waals surface area contributed by atoms with Crippen molar-refractivity contribution in [3.63, 3.8) is 0 Å². The van der Waals surface area contributed by atoms with E-state index in [4.69, 9.17) is 33.7 Å². The molecule has 1 aromatic carbocycles. The molecular weight excluding hydrogens is 271 g/mol. The molecule has 5 heteroatoms. The first-order valence-corrected chi connectivity index (χ1v) is 6.17. The van der Waals surface area contributed by atoms with Crippen LogP contribution in [0.25, 0.3) is 0 Å². The normalized spacial score (nSPS) is 12.2. The number of benzene rings is 1.